The number of hydrogen-bond acceptors (Lipinski definition) is 5. The van der Waals surface area contributed by atoms with Gasteiger partial charge >= 0.3 is 0 Å². The van der Waals surface area contributed by atoms with Crippen molar-refractivity contribution in [1.29, 1.82) is 0 Å². The summed E-state index contributed by atoms with van der Waals surface area (Å²) in [5, 5.41) is 12.2. The molecule has 0 atom stereocenters. The number of carbonyl (C=O) groups is 1. The van der Waals surface area contributed by atoms with E-state index in [0.717, 1.165) is 27.1 Å². The third-order valence-electron chi connectivity index (χ3n) is 3.25. The largest absolute Gasteiger partial charge is 0.295 e. The minimum Gasteiger partial charge on any atom is -0.295 e. The summed E-state index contributed by atoms with van der Waals surface area (Å²) in [4.78, 5) is 17.1. The molecule has 0 aliphatic heterocycles. The number of fused-ring (bicyclic) bond motifs is 1. The molecule has 1 amide bonds. The maximum absolute atomic E-state index is 12.6. The number of nitrogens with zero attached hydrogens (tertiary/aromatic N) is 4. The molecule has 1 N–H and O–H groups in total. The lowest BCUT2D eigenvalue weighted by Crippen LogP contribution is -2.15. The highest BCUT2D eigenvalue weighted by Gasteiger charge is 2.19. The van der Waals surface area contributed by atoms with Crippen molar-refractivity contribution in [2.45, 2.75) is 27.2 Å². The van der Waals surface area contributed by atoms with Crippen LogP contribution in [0, 0.1) is 13.8 Å². The highest BCUT2D eigenvalue weighted by atomic mass is 79.9. The normalized spacial score (nSPS) is 11.1. The molecule has 3 heterocycles. The molecule has 0 aromatic carbocycles. The Morgan fingerprint density at radius 1 is 1.41 bits per heavy atom. The standard InChI is InChI=1S/C14H14BrN5OS/c1-4-10-18-19-14(22-10)17-13(21)11-8(3)16-12-7(2)5-9(15)6-20(11)12/h5-6H,4H2,1-3H3,(H,17,19,21). The van der Waals surface area contributed by atoms with E-state index >= 15 is 0 Å². The van der Waals surface area contributed by atoms with Gasteiger partial charge in [0.25, 0.3) is 5.91 Å². The van der Waals surface area contributed by atoms with Crippen molar-refractivity contribution < 1.29 is 4.79 Å². The molecule has 0 saturated heterocycles. The van der Waals surface area contributed by atoms with Gasteiger partial charge in [0.1, 0.15) is 16.3 Å². The fourth-order valence-corrected chi connectivity index (χ4v) is 3.48. The second-order valence-electron chi connectivity index (χ2n) is 4.89. The van der Waals surface area contributed by atoms with Crippen molar-refractivity contribution in [3.63, 3.8) is 0 Å². The Kier molecular flexibility index (Phi) is 3.96. The quantitative estimate of drug-likeness (QED) is 0.756. The Hall–Kier alpha value is -1.80. The maximum atomic E-state index is 12.6. The van der Waals surface area contributed by atoms with Gasteiger partial charge < -0.3 is 0 Å². The molecule has 8 heteroatoms. The smallest absolute Gasteiger partial charge is 0.276 e. The lowest BCUT2D eigenvalue weighted by atomic mass is 10.3. The number of carbonyl (C=O) groups excluding carboxylic acids is 1. The van der Waals surface area contributed by atoms with Crippen LogP contribution in [0.4, 0.5) is 5.13 Å². The van der Waals surface area contributed by atoms with E-state index in [2.05, 4.69) is 36.4 Å². The second-order valence-corrected chi connectivity index (χ2v) is 6.87. The summed E-state index contributed by atoms with van der Waals surface area (Å²) in [6.07, 6.45) is 2.64. The first kappa shape index (κ1) is 15.1. The van der Waals surface area contributed by atoms with Crippen LogP contribution in [0.2, 0.25) is 0 Å². The zero-order valence-electron chi connectivity index (χ0n) is 12.3. The van der Waals surface area contributed by atoms with Gasteiger partial charge in [-0.3, -0.25) is 14.5 Å². The van der Waals surface area contributed by atoms with E-state index in [4.69, 9.17) is 0 Å². The van der Waals surface area contributed by atoms with E-state index in [1.54, 1.807) is 4.40 Å². The zero-order valence-corrected chi connectivity index (χ0v) is 14.7. The molecule has 3 rings (SSSR count). The van der Waals surface area contributed by atoms with E-state index in [-0.39, 0.29) is 5.91 Å². The first-order valence-electron chi connectivity index (χ1n) is 6.78. The number of halogens is 1. The van der Waals surface area contributed by atoms with Crippen LogP contribution in [0.5, 0.6) is 0 Å². The van der Waals surface area contributed by atoms with Crippen LogP contribution in [-0.2, 0) is 6.42 Å². The summed E-state index contributed by atoms with van der Waals surface area (Å²) < 4.78 is 2.69. The summed E-state index contributed by atoms with van der Waals surface area (Å²) in [6, 6.07) is 1.97. The Bertz CT molecular complexity index is 870. The van der Waals surface area contributed by atoms with Crippen LogP contribution in [0.3, 0.4) is 0 Å². The fraction of sp³-hybridized carbons (Fsp3) is 0.286. The number of aryl methyl sites for hydroxylation is 3. The van der Waals surface area contributed by atoms with Crippen molar-refractivity contribution in [2.75, 3.05) is 5.32 Å². The molecule has 6 nitrogen and oxygen atoms in total. The van der Waals surface area contributed by atoms with Crippen LogP contribution in [0.15, 0.2) is 16.7 Å². The average Bonchev–Trinajstić information content (AvgIpc) is 3.02. The first-order valence-corrected chi connectivity index (χ1v) is 8.39. The van der Waals surface area contributed by atoms with Crippen LogP contribution < -0.4 is 5.32 Å². The topological polar surface area (TPSA) is 72.2 Å². The predicted molar refractivity (Wildman–Crippen MR) is 89.6 cm³/mol. The van der Waals surface area contributed by atoms with E-state index in [0.29, 0.717) is 16.5 Å². The third-order valence-corrected chi connectivity index (χ3v) is 4.67. The summed E-state index contributed by atoms with van der Waals surface area (Å²) >= 11 is 4.84. The van der Waals surface area contributed by atoms with Crippen LogP contribution >= 0.6 is 27.3 Å². The molecule has 3 aromatic heterocycles. The van der Waals surface area contributed by atoms with Crippen molar-refractivity contribution in [3.05, 3.63) is 38.7 Å². The molecule has 0 spiro atoms. The monoisotopic (exact) mass is 379 g/mol. The maximum Gasteiger partial charge on any atom is 0.276 e. The SMILES string of the molecule is CCc1nnc(NC(=O)c2c(C)nc3c(C)cc(Br)cn23)s1. The van der Waals surface area contributed by atoms with Crippen LogP contribution in [0.25, 0.3) is 5.65 Å². The minimum atomic E-state index is -0.235. The van der Waals surface area contributed by atoms with Crippen molar-refractivity contribution in [3.8, 4) is 0 Å². The molecule has 0 aliphatic carbocycles. The Labute approximate surface area is 139 Å². The number of rotatable bonds is 3. The predicted octanol–water partition coefficient (Wildman–Crippen LogP) is 3.38. The third kappa shape index (κ3) is 2.64. The van der Waals surface area contributed by atoms with Gasteiger partial charge in [-0.1, -0.05) is 18.3 Å². The lowest BCUT2D eigenvalue weighted by Gasteiger charge is -2.04. The molecule has 0 radical (unpaired) electrons. The van der Waals surface area contributed by atoms with Gasteiger partial charge in [-0.25, -0.2) is 4.98 Å². The Balaban J connectivity index is 2.01. The lowest BCUT2D eigenvalue weighted by molar-refractivity contribution is 0.102. The summed E-state index contributed by atoms with van der Waals surface area (Å²) in [5.74, 6) is -0.235. The molecular weight excluding hydrogens is 366 g/mol. The van der Waals surface area contributed by atoms with Gasteiger partial charge in [0.15, 0.2) is 0 Å². The van der Waals surface area contributed by atoms with Crippen LogP contribution in [-0.4, -0.2) is 25.5 Å². The molecule has 22 heavy (non-hydrogen) atoms. The van der Waals surface area contributed by atoms with Crippen LogP contribution in [0.1, 0.15) is 33.7 Å². The molecule has 0 fully saturated rings. The van der Waals surface area contributed by atoms with Gasteiger partial charge in [0.2, 0.25) is 5.13 Å². The zero-order chi connectivity index (χ0) is 15.9. The minimum absolute atomic E-state index is 0.235. The average molecular weight is 380 g/mol. The molecule has 0 aliphatic rings. The summed E-state index contributed by atoms with van der Waals surface area (Å²) in [7, 11) is 0. The number of pyridine rings is 1. The second kappa shape index (κ2) is 5.77. The molecule has 0 saturated carbocycles. The number of hydrogen-bond donors (Lipinski definition) is 1. The van der Waals surface area contributed by atoms with Crippen molar-refractivity contribution in [2.24, 2.45) is 0 Å². The number of amides is 1. The van der Waals surface area contributed by atoms with Gasteiger partial charge in [0, 0.05) is 10.7 Å². The van der Waals surface area contributed by atoms with E-state index in [1.807, 2.05) is 33.0 Å². The number of aromatic nitrogens is 4. The molecule has 0 unspecified atom stereocenters. The first-order chi connectivity index (χ1) is 10.5. The van der Waals surface area contributed by atoms with E-state index in [9.17, 15) is 4.79 Å². The fourth-order valence-electron chi connectivity index (χ4n) is 2.26. The molecule has 0 bridgehead atoms. The van der Waals surface area contributed by atoms with E-state index in [1.165, 1.54) is 11.3 Å². The van der Waals surface area contributed by atoms with Crippen molar-refractivity contribution >= 4 is 44.0 Å². The van der Waals surface area contributed by atoms with Gasteiger partial charge in [-0.15, -0.1) is 10.2 Å². The highest BCUT2D eigenvalue weighted by molar-refractivity contribution is 9.10. The van der Waals surface area contributed by atoms with Crippen molar-refractivity contribution in [1.82, 2.24) is 19.6 Å². The van der Waals surface area contributed by atoms with Gasteiger partial charge in [-0.05, 0) is 47.8 Å². The van der Waals surface area contributed by atoms with Gasteiger partial charge in [0.05, 0.1) is 5.69 Å². The summed E-state index contributed by atoms with van der Waals surface area (Å²) in [5.41, 5.74) is 2.96. The molecular formula is C14H14BrN5OS. The number of nitrogens with one attached hydrogen (secondary N) is 1. The highest BCUT2D eigenvalue weighted by Crippen LogP contribution is 2.22. The van der Waals surface area contributed by atoms with Gasteiger partial charge in [-0.2, -0.15) is 0 Å². The Morgan fingerprint density at radius 2 is 2.18 bits per heavy atom. The molecule has 114 valence electrons. The summed E-state index contributed by atoms with van der Waals surface area (Å²) in [6.45, 7) is 5.79. The number of anilines is 1. The molecule has 3 aromatic rings. The van der Waals surface area contributed by atoms with E-state index < -0.39 is 0 Å². The number of imidazole rings is 1. The Morgan fingerprint density at radius 3 is 2.86 bits per heavy atom.